The molecule has 0 aromatic heterocycles. The van der Waals surface area contributed by atoms with E-state index in [1.807, 2.05) is 18.7 Å². The lowest BCUT2D eigenvalue weighted by molar-refractivity contribution is -0.133. The molecule has 1 saturated carbocycles. The van der Waals surface area contributed by atoms with E-state index in [1.54, 1.807) is 7.05 Å². The third kappa shape index (κ3) is 7.55. The molecule has 1 aliphatic heterocycles. The van der Waals surface area contributed by atoms with Gasteiger partial charge in [-0.25, -0.2) is 0 Å². The number of nitrogens with zero attached hydrogens (tertiary/aromatic N) is 2. The van der Waals surface area contributed by atoms with Crippen LogP contribution in [0.5, 0.6) is 0 Å². The maximum atomic E-state index is 12.0. The van der Waals surface area contributed by atoms with Gasteiger partial charge < -0.3 is 20.3 Å². The lowest BCUT2D eigenvalue weighted by Crippen LogP contribution is -2.45. The molecule has 0 bridgehead atoms. The van der Waals surface area contributed by atoms with Gasteiger partial charge in [0.2, 0.25) is 5.91 Å². The molecule has 2 aliphatic rings. The van der Waals surface area contributed by atoms with Crippen LogP contribution in [0.4, 0.5) is 0 Å². The number of aliphatic imine (C=N–C) groups is 1. The predicted octanol–water partition coefficient (Wildman–Crippen LogP) is 1.84. The third-order valence-corrected chi connectivity index (χ3v) is 4.37. The van der Waals surface area contributed by atoms with E-state index in [0.29, 0.717) is 0 Å². The SMILES string of the molecule is CN=C(NCCCOCC1CC1)NC1CCN(C(=O)C(C)C)C1.I. The van der Waals surface area contributed by atoms with Gasteiger partial charge in [0.1, 0.15) is 0 Å². The van der Waals surface area contributed by atoms with E-state index in [9.17, 15) is 4.79 Å². The average Bonchev–Trinajstić information content (AvgIpc) is 3.25. The van der Waals surface area contributed by atoms with E-state index < -0.39 is 0 Å². The zero-order valence-electron chi connectivity index (χ0n) is 15.2. The molecule has 2 N–H and O–H groups in total. The van der Waals surface area contributed by atoms with Crippen LogP contribution >= 0.6 is 24.0 Å². The molecule has 140 valence electrons. The first-order valence-corrected chi connectivity index (χ1v) is 8.94. The first kappa shape index (κ1) is 21.5. The highest BCUT2D eigenvalue weighted by Gasteiger charge is 2.27. The van der Waals surface area contributed by atoms with Gasteiger partial charge in [0.15, 0.2) is 5.96 Å². The number of carbonyl (C=O) groups excluding carboxylic acids is 1. The van der Waals surface area contributed by atoms with E-state index in [2.05, 4.69) is 15.6 Å². The molecule has 6 nitrogen and oxygen atoms in total. The van der Waals surface area contributed by atoms with Gasteiger partial charge in [-0.1, -0.05) is 13.8 Å². The molecule has 1 atom stereocenters. The summed E-state index contributed by atoms with van der Waals surface area (Å²) in [5, 5.41) is 6.74. The van der Waals surface area contributed by atoms with E-state index in [1.165, 1.54) is 12.8 Å². The standard InChI is InChI=1S/C17H32N4O2.HI/c1-13(2)16(22)21-9-7-15(11-21)20-17(18-3)19-8-4-10-23-12-14-5-6-14;/h13-15H,4-12H2,1-3H3,(H2,18,19,20);1H. The Morgan fingerprint density at radius 1 is 1.33 bits per heavy atom. The zero-order valence-corrected chi connectivity index (χ0v) is 17.5. The molecular formula is C17H33IN4O2. The normalized spacial score (nSPS) is 20.9. The summed E-state index contributed by atoms with van der Waals surface area (Å²) in [7, 11) is 1.78. The fourth-order valence-electron chi connectivity index (χ4n) is 2.75. The first-order valence-electron chi connectivity index (χ1n) is 8.94. The maximum Gasteiger partial charge on any atom is 0.225 e. The minimum absolute atomic E-state index is 0. The molecule has 2 fully saturated rings. The van der Waals surface area contributed by atoms with Crippen LogP contribution in [-0.2, 0) is 9.53 Å². The highest BCUT2D eigenvalue weighted by atomic mass is 127. The molecule has 1 saturated heterocycles. The Labute approximate surface area is 163 Å². The average molecular weight is 452 g/mol. The summed E-state index contributed by atoms with van der Waals surface area (Å²) in [5.41, 5.74) is 0. The van der Waals surface area contributed by atoms with Crippen LogP contribution < -0.4 is 10.6 Å². The van der Waals surface area contributed by atoms with Crippen molar-refractivity contribution in [1.29, 1.82) is 0 Å². The number of amides is 1. The quantitative estimate of drug-likeness (QED) is 0.255. The highest BCUT2D eigenvalue weighted by Crippen LogP contribution is 2.28. The molecule has 1 unspecified atom stereocenters. The summed E-state index contributed by atoms with van der Waals surface area (Å²) < 4.78 is 5.62. The van der Waals surface area contributed by atoms with Gasteiger partial charge in [0.05, 0.1) is 0 Å². The van der Waals surface area contributed by atoms with Crippen molar-refractivity contribution in [2.24, 2.45) is 16.8 Å². The van der Waals surface area contributed by atoms with Crippen molar-refractivity contribution in [3.05, 3.63) is 0 Å². The Balaban J connectivity index is 0.00000288. The number of carbonyl (C=O) groups is 1. The van der Waals surface area contributed by atoms with Crippen molar-refractivity contribution in [1.82, 2.24) is 15.5 Å². The molecule has 1 aliphatic carbocycles. The number of rotatable bonds is 8. The molecular weight excluding hydrogens is 419 g/mol. The topological polar surface area (TPSA) is 66.0 Å². The van der Waals surface area contributed by atoms with Gasteiger partial charge in [-0.05, 0) is 31.6 Å². The fraction of sp³-hybridized carbons (Fsp3) is 0.882. The van der Waals surface area contributed by atoms with Crippen molar-refractivity contribution in [3.63, 3.8) is 0 Å². The van der Waals surface area contributed by atoms with Crippen molar-refractivity contribution < 1.29 is 9.53 Å². The summed E-state index contributed by atoms with van der Waals surface area (Å²) in [6.45, 7) is 8.09. The van der Waals surface area contributed by atoms with Gasteiger partial charge in [0, 0.05) is 51.9 Å². The van der Waals surface area contributed by atoms with Crippen LogP contribution in [0.3, 0.4) is 0 Å². The Morgan fingerprint density at radius 2 is 2.08 bits per heavy atom. The maximum absolute atomic E-state index is 12.0. The van der Waals surface area contributed by atoms with Crippen molar-refractivity contribution in [2.45, 2.75) is 45.6 Å². The largest absolute Gasteiger partial charge is 0.381 e. The minimum Gasteiger partial charge on any atom is -0.381 e. The Hall–Kier alpha value is -0.570. The van der Waals surface area contributed by atoms with Gasteiger partial charge in [0.25, 0.3) is 0 Å². The Bertz CT molecular complexity index is 413. The Kier molecular flexibility index (Phi) is 9.95. The second kappa shape index (κ2) is 11.1. The second-order valence-electron chi connectivity index (χ2n) is 6.94. The summed E-state index contributed by atoms with van der Waals surface area (Å²) in [4.78, 5) is 18.2. The number of hydrogen-bond donors (Lipinski definition) is 2. The van der Waals surface area contributed by atoms with Crippen LogP contribution in [0.25, 0.3) is 0 Å². The third-order valence-electron chi connectivity index (χ3n) is 4.37. The molecule has 2 rings (SSSR count). The van der Waals surface area contributed by atoms with Gasteiger partial charge in [-0.15, -0.1) is 24.0 Å². The Morgan fingerprint density at radius 3 is 2.71 bits per heavy atom. The van der Waals surface area contributed by atoms with Crippen LogP contribution in [0.2, 0.25) is 0 Å². The number of halogens is 1. The van der Waals surface area contributed by atoms with Crippen LogP contribution in [0.1, 0.15) is 39.5 Å². The monoisotopic (exact) mass is 452 g/mol. The van der Waals surface area contributed by atoms with Crippen LogP contribution in [0.15, 0.2) is 4.99 Å². The fourth-order valence-corrected chi connectivity index (χ4v) is 2.75. The van der Waals surface area contributed by atoms with E-state index in [-0.39, 0.29) is 41.8 Å². The number of hydrogen-bond acceptors (Lipinski definition) is 3. The molecule has 1 amide bonds. The van der Waals surface area contributed by atoms with E-state index in [0.717, 1.165) is 57.6 Å². The van der Waals surface area contributed by atoms with Crippen molar-refractivity contribution in [2.75, 3.05) is 39.9 Å². The molecule has 0 aromatic rings. The number of ether oxygens (including phenoxy) is 1. The molecule has 0 spiro atoms. The molecule has 0 aromatic carbocycles. The first-order chi connectivity index (χ1) is 11.1. The number of nitrogens with one attached hydrogen (secondary N) is 2. The smallest absolute Gasteiger partial charge is 0.225 e. The van der Waals surface area contributed by atoms with Crippen LogP contribution in [-0.4, -0.2) is 62.7 Å². The lowest BCUT2D eigenvalue weighted by Gasteiger charge is -2.20. The lowest BCUT2D eigenvalue weighted by atomic mass is 10.2. The van der Waals surface area contributed by atoms with Gasteiger partial charge in [-0.3, -0.25) is 9.79 Å². The zero-order chi connectivity index (χ0) is 16.7. The molecule has 24 heavy (non-hydrogen) atoms. The predicted molar refractivity (Wildman–Crippen MR) is 108 cm³/mol. The van der Waals surface area contributed by atoms with E-state index in [4.69, 9.17) is 4.74 Å². The second-order valence-corrected chi connectivity index (χ2v) is 6.94. The molecule has 7 heteroatoms. The molecule has 1 heterocycles. The highest BCUT2D eigenvalue weighted by molar-refractivity contribution is 14.0. The van der Waals surface area contributed by atoms with Crippen LogP contribution in [0, 0.1) is 11.8 Å². The summed E-state index contributed by atoms with van der Waals surface area (Å²) in [6, 6.07) is 0.287. The van der Waals surface area contributed by atoms with Gasteiger partial charge >= 0.3 is 0 Å². The number of likely N-dealkylation sites (tertiary alicyclic amines) is 1. The summed E-state index contributed by atoms with van der Waals surface area (Å²) >= 11 is 0. The van der Waals surface area contributed by atoms with Crippen molar-refractivity contribution in [3.8, 4) is 0 Å². The van der Waals surface area contributed by atoms with Crippen molar-refractivity contribution >= 4 is 35.8 Å². The molecule has 0 radical (unpaired) electrons. The summed E-state index contributed by atoms with van der Waals surface area (Å²) in [5.74, 6) is 1.96. The minimum atomic E-state index is 0. The summed E-state index contributed by atoms with van der Waals surface area (Å²) in [6.07, 6.45) is 4.64. The van der Waals surface area contributed by atoms with Gasteiger partial charge in [-0.2, -0.15) is 0 Å². The van der Waals surface area contributed by atoms with E-state index >= 15 is 0 Å². The number of guanidine groups is 1.